The van der Waals surface area contributed by atoms with E-state index in [0.717, 1.165) is 5.69 Å². The normalized spacial score (nSPS) is 10.1. The van der Waals surface area contributed by atoms with Crippen LogP contribution in [-0.4, -0.2) is 41.1 Å². The van der Waals surface area contributed by atoms with E-state index in [9.17, 15) is 4.79 Å². The Kier molecular flexibility index (Phi) is 4.05. The molecule has 1 N–H and O–H groups in total. The van der Waals surface area contributed by atoms with E-state index in [1.54, 1.807) is 20.0 Å². The molecule has 0 aromatic carbocycles. The summed E-state index contributed by atoms with van der Waals surface area (Å²) in [7, 11) is 1.61. The molecular weight excluding hydrogens is 216 g/mol. The fourth-order valence-electron chi connectivity index (χ4n) is 1.14. The van der Waals surface area contributed by atoms with Crippen LogP contribution in [0.3, 0.4) is 0 Å². The summed E-state index contributed by atoms with van der Waals surface area (Å²) in [4.78, 5) is 17.2. The molecule has 0 spiro atoms. The number of aryl methyl sites for hydroxylation is 1. The second kappa shape index (κ2) is 5.09. The molecule has 82 valence electrons. The molecule has 0 fully saturated rings. The number of rotatable bonds is 3. The lowest BCUT2D eigenvalue weighted by atomic mass is 10.2. The van der Waals surface area contributed by atoms with Crippen molar-refractivity contribution >= 4 is 17.5 Å². The summed E-state index contributed by atoms with van der Waals surface area (Å²) < 4.78 is 0. The molecule has 1 heterocycles. The van der Waals surface area contributed by atoms with Crippen LogP contribution in [0.4, 0.5) is 0 Å². The first-order valence-corrected chi connectivity index (χ1v) is 4.92. The van der Waals surface area contributed by atoms with Crippen molar-refractivity contribution in [3.8, 4) is 0 Å². The van der Waals surface area contributed by atoms with Gasteiger partial charge in [-0.05, 0) is 13.0 Å². The van der Waals surface area contributed by atoms with Gasteiger partial charge < -0.3 is 10.0 Å². The summed E-state index contributed by atoms with van der Waals surface area (Å²) in [6.45, 7) is 2.01. The highest BCUT2D eigenvalue weighted by atomic mass is 35.5. The summed E-state index contributed by atoms with van der Waals surface area (Å²) >= 11 is 5.92. The van der Waals surface area contributed by atoms with Gasteiger partial charge >= 0.3 is 0 Å². The lowest BCUT2D eigenvalue weighted by Gasteiger charge is -2.16. The van der Waals surface area contributed by atoms with E-state index < -0.39 is 0 Å². The zero-order valence-electron chi connectivity index (χ0n) is 8.70. The molecule has 0 aliphatic heterocycles. The van der Waals surface area contributed by atoms with Crippen molar-refractivity contribution in [2.24, 2.45) is 0 Å². The van der Waals surface area contributed by atoms with Crippen LogP contribution in [-0.2, 0) is 0 Å². The van der Waals surface area contributed by atoms with Gasteiger partial charge in [-0.2, -0.15) is 0 Å². The Hall–Kier alpha value is -1.13. The van der Waals surface area contributed by atoms with E-state index in [1.165, 1.54) is 11.1 Å². The first-order valence-electron chi connectivity index (χ1n) is 4.54. The molecule has 4 nitrogen and oxygen atoms in total. The minimum absolute atomic E-state index is 0.0703. The number of aliphatic hydroxyl groups is 1. The Morgan fingerprint density at radius 2 is 2.33 bits per heavy atom. The van der Waals surface area contributed by atoms with Crippen LogP contribution >= 0.6 is 11.6 Å². The van der Waals surface area contributed by atoms with Crippen LogP contribution in [0.2, 0.25) is 5.02 Å². The summed E-state index contributed by atoms with van der Waals surface area (Å²) in [6, 6.07) is 1.64. The molecule has 5 heteroatoms. The van der Waals surface area contributed by atoms with Gasteiger partial charge in [-0.25, -0.2) is 0 Å². The topological polar surface area (TPSA) is 53.4 Å². The zero-order chi connectivity index (χ0) is 11.4. The Balaban J connectivity index is 2.91. The summed E-state index contributed by atoms with van der Waals surface area (Å²) in [6.07, 6.45) is 1.45. The molecule has 0 saturated carbocycles. The van der Waals surface area contributed by atoms with Gasteiger partial charge in [0.1, 0.15) is 0 Å². The van der Waals surface area contributed by atoms with Crippen molar-refractivity contribution in [1.82, 2.24) is 9.88 Å². The smallest absolute Gasteiger partial charge is 0.256 e. The number of carbonyl (C=O) groups is 1. The quantitative estimate of drug-likeness (QED) is 0.843. The fourth-order valence-corrected chi connectivity index (χ4v) is 1.43. The van der Waals surface area contributed by atoms with E-state index in [4.69, 9.17) is 16.7 Å². The van der Waals surface area contributed by atoms with E-state index >= 15 is 0 Å². The molecule has 0 aliphatic carbocycles. The van der Waals surface area contributed by atoms with Gasteiger partial charge in [-0.1, -0.05) is 11.6 Å². The van der Waals surface area contributed by atoms with Gasteiger partial charge in [-0.15, -0.1) is 0 Å². The molecule has 15 heavy (non-hydrogen) atoms. The van der Waals surface area contributed by atoms with E-state index in [2.05, 4.69) is 4.98 Å². The van der Waals surface area contributed by atoms with Crippen LogP contribution in [0.1, 0.15) is 16.1 Å². The van der Waals surface area contributed by atoms with Crippen molar-refractivity contribution in [2.75, 3.05) is 20.2 Å². The summed E-state index contributed by atoms with van der Waals surface area (Å²) in [5.74, 6) is -0.235. The first-order chi connectivity index (χ1) is 7.06. The number of nitrogens with zero attached hydrogens (tertiary/aromatic N) is 2. The first kappa shape index (κ1) is 11.9. The van der Waals surface area contributed by atoms with Crippen molar-refractivity contribution in [1.29, 1.82) is 0 Å². The van der Waals surface area contributed by atoms with Crippen molar-refractivity contribution < 1.29 is 9.90 Å². The lowest BCUT2D eigenvalue weighted by molar-refractivity contribution is 0.0766. The third-order valence-corrected chi connectivity index (χ3v) is 2.32. The maximum atomic E-state index is 11.8. The SMILES string of the molecule is Cc1cc(Cl)c(C(=O)N(C)CCO)cn1. The predicted molar refractivity (Wildman–Crippen MR) is 58.0 cm³/mol. The molecule has 1 amide bonds. The summed E-state index contributed by atoms with van der Waals surface area (Å²) in [5, 5.41) is 9.09. The molecule has 0 unspecified atom stereocenters. The van der Waals surface area contributed by atoms with Gasteiger partial charge in [0.15, 0.2) is 0 Å². The number of pyridine rings is 1. The number of aliphatic hydroxyl groups excluding tert-OH is 1. The fraction of sp³-hybridized carbons (Fsp3) is 0.400. The highest BCUT2D eigenvalue weighted by Gasteiger charge is 2.14. The minimum Gasteiger partial charge on any atom is -0.395 e. The van der Waals surface area contributed by atoms with Gasteiger partial charge in [0.05, 0.1) is 17.2 Å². The zero-order valence-corrected chi connectivity index (χ0v) is 9.45. The molecule has 1 aromatic rings. The Morgan fingerprint density at radius 1 is 1.67 bits per heavy atom. The molecule has 0 atom stereocenters. The molecule has 1 rings (SSSR count). The highest BCUT2D eigenvalue weighted by molar-refractivity contribution is 6.33. The second-order valence-corrected chi connectivity index (χ2v) is 3.66. The highest BCUT2D eigenvalue weighted by Crippen LogP contribution is 2.16. The number of likely N-dealkylation sites (N-methyl/N-ethyl adjacent to an activating group) is 1. The number of aromatic nitrogens is 1. The average molecular weight is 229 g/mol. The number of carbonyl (C=O) groups excluding carboxylic acids is 1. The van der Waals surface area contributed by atoms with Gasteiger partial charge in [0, 0.05) is 25.5 Å². The summed E-state index contributed by atoms with van der Waals surface area (Å²) in [5.41, 5.74) is 1.12. The van der Waals surface area contributed by atoms with E-state index in [1.807, 2.05) is 0 Å². The van der Waals surface area contributed by atoms with Crippen LogP contribution in [0.15, 0.2) is 12.3 Å². The molecule has 0 bridgehead atoms. The second-order valence-electron chi connectivity index (χ2n) is 3.26. The van der Waals surface area contributed by atoms with Crippen LogP contribution in [0.25, 0.3) is 0 Å². The number of halogens is 1. The Morgan fingerprint density at radius 3 is 2.87 bits per heavy atom. The van der Waals surface area contributed by atoms with Crippen LogP contribution < -0.4 is 0 Å². The van der Waals surface area contributed by atoms with Gasteiger partial charge in [0.2, 0.25) is 0 Å². The van der Waals surface area contributed by atoms with Gasteiger partial charge in [0.25, 0.3) is 5.91 Å². The predicted octanol–water partition coefficient (Wildman–Crippen LogP) is 1.11. The molecule has 0 radical (unpaired) electrons. The molecular formula is C10H13ClN2O2. The Bertz CT molecular complexity index is 368. The Labute approximate surface area is 93.5 Å². The number of amides is 1. The third kappa shape index (κ3) is 2.91. The lowest BCUT2D eigenvalue weighted by Crippen LogP contribution is -2.29. The minimum atomic E-state index is -0.235. The van der Waals surface area contributed by atoms with Crippen molar-refractivity contribution in [3.05, 3.63) is 28.5 Å². The average Bonchev–Trinajstić information content (AvgIpc) is 2.17. The van der Waals surface area contributed by atoms with Crippen LogP contribution in [0, 0.1) is 6.92 Å². The van der Waals surface area contributed by atoms with Crippen molar-refractivity contribution in [2.45, 2.75) is 6.92 Å². The van der Waals surface area contributed by atoms with Gasteiger partial charge in [-0.3, -0.25) is 9.78 Å². The third-order valence-electron chi connectivity index (χ3n) is 2.00. The molecule has 0 aliphatic rings. The largest absolute Gasteiger partial charge is 0.395 e. The van der Waals surface area contributed by atoms with E-state index in [-0.39, 0.29) is 19.1 Å². The maximum absolute atomic E-state index is 11.8. The molecule has 1 aromatic heterocycles. The monoisotopic (exact) mass is 228 g/mol. The standard InChI is InChI=1S/C10H13ClN2O2/c1-7-5-9(11)8(6-12-7)10(15)13(2)3-4-14/h5-6,14H,3-4H2,1-2H3. The van der Waals surface area contributed by atoms with Crippen LogP contribution in [0.5, 0.6) is 0 Å². The molecule has 0 saturated heterocycles. The number of hydrogen-bond donors (Lipinski definition) is 1. The van der Waals surface area contributed by atoms with Crippen molar-refractivity contribution in [3.63, 3.8) is 0 Å². The van der Waals surface area contributed by atoms with E-state index in [0.29, 0.717) is 10.6 Å². The maximum Gasteiger partial charge on any atom is 0.256 e. The number of hydrogen-bond acceptors (Lipinski definition) is 3.